The van der Waals surface area contributed by atoms with Crippen LogP contribution in [0.25, 0.3) is 0 Å². The third-order valence-electron chi connectivity index (χ3n) is 4.99. The van der Waals surface area contributed by atoms with E-state index in [1.807, 2.05) is 12.1 Å². The van der Waals surface area contributed by atoms with Gasteiger partial charge in [-0.3, -0.25) is 14.6 Å². The molecule has 29 heavy (non-hydrogen) atoms. The van der Waals surface area contributed by atoms with Crippen molar-refractivity contribution in [1.82, 2.24) is 15.2 Å². The van der Waals surface area contributed by atoms with Gasteiger partial charge in [-0.15, -0.1) is 0 Å². The van der Waals surface area contributed by atoms with E-state index in [1.165, 1.54) is 0 Å². The van der Waals surface area contributed by atoms with Gasteiger partial charge in [0.2, 0.25) is 5.91 Å². The van der Waals surface area contributed by atoms with Gasteiger partial charge >= 0.3 is 0 Å². The molecule has 1 atom stereocenters. The van der Waals surface area contributed by atoms with Crippen LogP contribution in [0.3, 0.4) is 0 Å². The summed E-state index contributed by atoms with van der Waals surface area (Å²) in [7, 11) is 0. The molecule has 0 saturated carbocycles. The number of rotatable bonds is 7. The fourth-order valence-corrected chi connectivity index (χ4v) is 3.35. The molecule has 1 aromatic carbocycles. The Hall–Kier alpha value is -2.89. The molecule has 1 N–H and O–H groups in total. The van der Waals surface area contributed by atoms with E-state index >= 15 is 0 Å². The summed E-state index contributed by atoms with van der Waals surface area (Å²) < 4.78 is 5.75. The van der Waals surface area contributed by atoms with Crippen molar-refractivity contribution in [2.24, 2.45) is 11.8 Å². The van der Waals surface area contributed by atoms with Crippen LogP contribution in [0.4, 0.5) is 0 Å². The molecule has 1 aliphatic heterocycles. The summed E-state index contributed by atoms with van der Waals surface area (Å²) in [5.41, 5.74) is 1.60. The molecule has 1 aromatic heterocycles. The van der Waals surface area contributed by atoms with Crippen molar-refractivity contribution in [3.05, 3.63) is 59.9 Å². The fraction of sp³-hybridized carbons (Fsp3) is 0.435. The fourth-order valence-electron chi connectivity index (χ4n) is 3.35. The molecule has 0 unspecified atom stereocenters. The average Bonchev–Trinajstić information content (AvgIpc) is 2.76. The molecular weight excluding hydrogens is 366 g/mol. The first-order valence-electron chi connectivity index (χ1n) is 10.2. The number of hydrogen-bond acceptors (Lipinski definition) is 4. The van der Waals surface area contributed by atoms with Crippen molar-refractivity contribution in [2.45, 2.75) is 33.3 Å². The standard InChI is InChI=1S/C23H29N3O3/c1-17(2)13-25-22(27)20-6-4-12-26(15-20)23(28)19-7-9-21(10-8-19)29-16-18-5-3-11-24-14-18/h3,5,7-11,14,17,20H,4,6,12-13,15-16H2,1-2H3,(H,25,27)/t20-/m1/s1. The van der Waals surface area contributed by atoms with Crippen LogP contribution in [0.1, 0.15) is 42.6 Å². The number of nitrogens with one attached hydrogen (secondary N) is 1. The predicted octanol–water partition coefficient (Wildman–Crippen LogP) is 3.29. The molecule has 1 aliphatic rings. The molecule has 0 aliphatic carbocycles. The highest BCUT2D eigenvalue weighted by Gasteiger charge is 2.28. The van der Waals surface area contributed by atoms with E-state index in [-0.39, 0.29) is 17.7 Å². The van der Waals surface area contributed by atoms with Crippen LogP contribution < -0.4 is 10.1 Å². The Morgan fingerprint density at radius 3 is 2.72 bits per heavy atom. The van der Waals surface area contributed by atoms with Crippen LogP contribution in [-0.4, -0.2) is 41.3 Å². The van der Waals surface area contributed by atoms with E-state index in [4.69, 9.17) is 4.74 Å². The van der Waals surface area contributed by atoms with Gasteiger partial charge in [0.05, 0.1) is 5.92 Å². The summed E-state index contributed by atoms with van der Waals surface area (Å²) in [6, 6.07) is 11.0. The zero-order valence-electron chi connectivity index (χ0n) is 17.1. The molecule has 0 bridgehead atoms. The summed E-state index contributed by atoms with van der Waals surface area (Å²) in [6.07, 6.45) is 5.16. The number of benzene rings is 1. The van der Waals surface area contributed by atoms with Crippen LogP contribution >= 0.6 is 0 Å². The smallest absolute Gasteiger partial charge is 0.253 e. The number of likely N-dealkylation sites (tertiary alicyclic amines) is 1. The van der Waals surface area contributed by atoms with Crippen LogP contribution in [0.5, 0.6) is 5.75 Å². The summed E-state index contributed by atoms with van der Waals surface area (Å²) in [6.45, 7) is 6.40. The van der Waals surface area contributed by atoms with E-state index < -0.39 is 0 Å². The van der Waals surface area contributed by atoms with E-state index in [1.54, 1.807) is 41.6 Å². The second-order valence-corrected chi connectivity index (χ2v) is 7.90. The van der Waals surface area contributed by atoms with Crippen LogP contribution in [0, 0.1) is 11.8 Å². The first kappa shape index (κ1) is 20.8. The molecule has 3 rings (SSSR count). The molecule has 2 heterocycles. The zero-order chi connectivity index (χ0) is 20.6. The molecule has 2 amide bonds. The van der Waals surface area contributed by atoms with Gasteiger partial charge in [-0.1, -0.05) is 19.9 Å². The highest BCUT2D eigenvalue weighted by Crippen LogP contribution is 2.21. The first-order chi connectivity index (χ1) is 14.0. The molecule has 1 fully saturated rings. The SMILES string of the molecule is CC(C)CNC(=O)[C@@H]1CCCN(C(=O)c2ccc(OCc3cccnc3)cc2)C1. The zero-order valence-corrected chi connectivity index (χ0v) is 17.1. The number of hydrogen-bond donors (Lipinski definition) is 1. The van der Waals surface area contributed by atoms with Crippen molar-refractivity contribution in [2.75, 3.05) is 19.6 Å². The lowest BCUT2D eigenvalue weighted by atomic mass is 9.96. The third-order valence-corrected chi connectivity index (χ3v) is 4.99. The maximum absolute atomic E-state index is 12.9. The maximum atomic E-state index is 12.9. The highest BCUT2D eigenvalue weighted by atomic mass is 16.5. The molecule has 6 heteroatoms. The number of nitrogens with zero attached hydrogens (tertiary/aromatic N) is 2. The Kier molecular flexibility index (Phi) is 7.22. The van der Waals surface area contributed by atoms with Crippen LogP contribution in [-0.2, 0) is 11.4 Å². The topological polar surface area (TPSA) is 71.5 Å². The summed E-state index contributed by atoms with van der Waals surface area (Å²) in [4.78, 5) is 31.1. The van der Waals surface area contributed by atoms with Gasteiger partial charge in [-0.25, -0.2) is 0 Å². The molecule has 0 spiro atoms. The van der Waals surface area contributed by atoms with Gasteiger partial charge < -0.3 is 15.0 Å². The van der Waals surface area contributed by atoms with Crippen LogP contribution in [0.15, 0.2) is 48.8 Å². The van der Waals surface area contributed by atoms with Crippen molar-refractivity contribution in [3.63, 3.8) is 0 Å². The molecule has 6 nitrogen and oxygen atoms in total. The minimum absolute atomic E-state index is 0.0369. The average molecular weight is 396 g/mol. The van der Waals surface area contributed by atoms with Crippen LogP contribution in [0.2, 0.25) is 0 Å². The summed E-state index contributed by atoms with van der Waals surface area (Å²) in [5, 5.41) is 2.99. The van der Waals surface area contributed by atoms with Crippen molar-refractivity contribution in [3.8, 4) is 5.75 Å². The number of aromatic nitrogens is 1. The molecule has 154 valence electrons. The number of carbonyl (C=O) groups excluding carboxylic acids is 2. The van der Waals surface area contributed by atoms with Gasteiger partial charge in [0, 0.05) is 43.2 Å². The van der Waals surface area contributed by atoms with E-state index in [0.29, 0.717) is 43.5 Å². The van der Waals surface area contributed by atoms with Gasteiger partial charge in [-0.05, 0) is 49.1 Å². The Balaban J connectivity index is 1.54. The number of piperidine rings is 1. The quantitative estimate of drug-likeness (QED) is 0.781. The normalized spacial score (nSPS) is 16.5. The number of pyridine rings is 1. The maximum Gasteiger partial charge on any atom is 0.253 e. The number of ether oxygens (including phenoxy) is 1. The first-order valence-corrected chi connectivity index (χ1v) is 10.2. The molecule has 2 aromatic rings. The summed E-state index contributed by atoms with van der Waals surface area (Å²) in [5.74, 6) is 1.00. The molecular formula is C23H29N3O3. The van der Waals surface area contributed by atoms with Gasteiger partial charge in [0.1, 0.15) is 12.4 Å². The Bertz CT molecular complexity index is 806. The lowest BCUT2D eigenvalue weighted by Gasteiger charge is -2.32. The van der Waals surface area contributed by atoms with Gasteiger partial charge in [0.25, 0.3) is 5.91 Å². The monoisotopic (exact) mass is 395 g/mol. The second kappa shape index (κ2) is 10.0. The lowest BCUT2D eigenvalue weighted by Crippen LogP contribution is -2.46. The highest BCUT2D eigenvalue weighted by molar-refractivity contribution is 5.94. The number of amides is 2. The van der Waals surface area contributed by atoms with Crippen molar-refractivity contribution >= 4 is 11.8 Å². The Labute approximate surface area is 172 Å². The Morgan fingerprint density at radius 2 is 2.03 bits per heavy atom. The summed E-state index contributed by atoms with van der Waals surface area (Å²) >= 11 is 0. The minimum atomic E-state index is -0.131. The van der Waals surface area contributed by atoms with E-state index in [2.05, 4.69) is 24.1 Å². The van der Waals surface area contributed by atoms with Gasteiger partial charge in [0.15, 0.2) is 0 Å². The second-order valence-electron chi connectivity index (χ2n) is 7.90. The Morgan fingerprint density at radius 1 is 1.24 bits per heavy atom. The molecule has 1 saturated heterocycles. The number of carbonyl (C=O) groups is 2. The molecule has 0 radical (unpaired) electrons. The van der Waals surface area contributed by atoms with E-state index in [9.17, 15) is 9.59 Å². The predicted molar refractivity (Wildman–Crippen MR) is 111 cm³/mol. The lowest BCUT2D eigenvalue weighted by molar-refractivity contribution is -0.126. The largest absolute Gasteiger partial charge is 0.489 e. The third kappa shape index (κ3) is 6.04. The van der Waals surface area contributed by atoms with Gasteiger partial charge in [-0.2, -0.15) is 0 Å². The van der Waals surface area contributed by atoms with E-state index in [0.717, 1.165) is 18.4 Å². The minimum Gasteiger partial charge on any atom is -0.489 e. The van der Waals surface area contributed by atoms with Crippen molar-refractivity contribution < 1.29 is 14.3 Å². The van der Waals surface area contributed by atoms with Crippen molar-refractivity contribution in [1.29, 1.82) is 0 Å².